The molecule has 2 aromatic rings. The van der Waals surface area contributed by atoms with Crippen LogP contribution in [0.2, 0.25) is 0 Å². The SMILES string of the molecule is Cc1nc([C@@H]2CN(C(=O)[C@@H]3Cc4ccccc4O3)CCO2)n[nH]1. The number of para-hydroxylation sites is 1. The summed E-state index contributed by atoms with van der Waals surface area (Å²) in [6.07, 6.45) is -0.113. The summed E-state index contributed by atoms with van der Waals surface area (Å²) in [6.45, 7) is 3.33. The molecule has 0 spiro atoms. The molecule has 0 radical (unpaired) electrons. The van der Waals surface area contributed by atoms with Crippen LogP contribution in [0.1, 0.15) is 23.3 Å². The van der Waals surface area contributed by atoms with Crippen molar-refractivity contribution in [3.05, 3.63) is 41.5 Å². The number of aromatic amines is 1. The summed E-state index contributed by atoms with van der Waals surface area (Å²) >= 11 is 0. The highest BCUT2D eigenvalue weighted by atomic mass is 16.5. The van der Waals surface area contributed by atoms with Crippen LogP contribution < -0.4 is 4.74 Å². The first-order valence-corrected chi connectivity index (χ1v) is 7.74. The molecule has 1 fully saturated rings. The van der Waals surface area contributed by atoms with Gasteiger partial charge in [0.2, 0.25) is 0 Å². The Morgan fingerprint density at radius 1 is 1.39 bits per heavy atom. The van der Waals surface area contributed by atoms with Gasteiger partial charge in [0.25, 0.3) is 5.91 Å². The van der Waals surface area contributed by atoms with Crippen LogP contribution in [0.15, 0.2) is 24.3 Å². The van der Waals surface area contributed by atoms with Crippen molar-refractivity contribution in [1.29, 1.82) is 0 Å². The van der Waals surface area contributed by atoms with E-state index in [4.69, 9.17) is 9.47 Å². The zero-order valence-electron chi connectivity index (χ0n) is 12.9. The minimum absolute atomic E-state index is 0.00163. The molecule has 4 rings (SSSR count). The first-order chi connectivity index (χ1) is 11.2. The number of hydrogen-bond acceptors (Lipinski definition) is 5. The molecule has 0 bridgehead atoms. The number of aromatic nitrogens is 3. The van der Waals surface area contributed by atoms with E-state index in [9.17, 15) is 4.79 Å². The number of nitrogens with zero attached hydrogens (tertiary/aromatic N) is 3. The second-order valence-corrected chi connectivity index (χ2v) is 5.84. The predicted molar refractivity (Wildman–Crippen MR) is 81.0 cm³/mol. The second kappa shape index (κ2) is 5.66. The third kappa shape index (κ3) is 2.68. The van der Waals surface area contributed by atoms with Crippen molar-refractivity contribution in [3.63, 3.8) is 0 Å². The number of ether oxygens (including phenoxy) is 2. The number of benzene rings is 1. The number of rotatable bonds is 2. The van der Waals surface area contributed by atoms with Crippen molar-refractivity contribution in [3.8, 4) is 5.75 Å². The number of morpholine rings is 1. The molecular weight excluding hydrogens is 296 g/mol. The number of nitrogens with one attached hydrogen (secondary N) is 1. The average Bonchev–Trinajstić information content (AvgIpc) is 3.20. The molecule has 0 unspecified atom stereocenters. The van der Waals surface area contributed by atoms with E-state index in [1.165, 1.54) is 0 Å². The number of fused-ring (bicyclic) bond motifs is 1. The van der Waals surface area contributed by atoms with E-state index in [0.29, 0.717) is 31.9 Å². The highest BCUT2D eigenvalue weighted by Crippen LogP contribution is 2.30. The molecule has 1 amide bonds. The maximum atomic E-state index is 12.7. The highest BCUT2D eigenvalue weighted by Gasteiger charge is 2.35. The minimum Gasteiger partial charge on any atom is -0.480 e. The average molecular weight is 314 g/mol. The smallest absolute Gasteiger partial charge is 0.264 e. The molecule has 2 atom stereocenters. The summed E-state index contributed by atoms with van der Waals surface area (Å²) in [7, 11) is 0. The van der Waals surface area contributed by atoms with Gasteiger partial charge in [-0.1, -0.05) is 18.2 Å². The van der Waals surface area contributed by atoms with Gasteiger partial charge in [-0.05, 0) is 18.6 Å². The lowest BCUT2D eigenvalue weighted by atomic mass is 10.1. The number of hydrogen-bond donors (Lipinski definition) is 1. The van der Waals surface area contributed by atoms with Crippen molar-refractivity contribution in [2.75, 3.05) is 19.7 Å². The van der Waals surface area contributed by atoms with Crippen LogP contribution in [0.3, 0.4) is 0 Å². The summed E-state index contributed by atoms with van der Waals surface area (Å²) in [5, 5.41) is 6.94. The summed E-state index contributed by atoms with van der Waals surface area (Å²) in [5.74, 6) is 2.14. The van der Waals surface area contributed by atoms with E-state index in [2.05, 4.69) is 15.2 Å². The Kier molecular flexibility index (Phi) is 3.49. The molecule has 23 heavy (non-hydrogen) atoms. The first kappa shape index (κ1) is 14.2. The molecule has 1 N–H and O–H groups in total. The Bertz CT molecular complexity index is 705. The van der Waals surface area contributed by atoms with Crippen LogP contribution >= 0.6 is 0 Å². The third-order valence-corrected chi connectivity index (χ3v) is 4.20. The van der Waals surface area contributed by atoms with E-state index in [1.807, 2.05) is 31.2 Å². The Morgan fingerprint density at radius 3 is 3.04 bits per heavy atom. The molecule has 1 aromatic carbocycles. The molecule has 2 aliphatic rings. The van der Waals surface area contributed by atoms with Crippen molar-refractivity contribution in [2.24, 2.45) is 0 Å². The molecule has 1 aromatic heterocycles. The van der Waals surface area contributed by atoms with Crippen molar-refractivity contribution in [2.45, 2.75) is 25.6 Å². The van der Waals surface area contributed by atoms with Gasteiger partial charge in [-0.2, -0.15) is 5.10 Å². The largest absolute Gasteiger partial charge is 0.480 e. The standard InChI is InChI=1S/C16H18N4O3/c1-10-17-15(19-18-10)14-9-20(6-7-22-14)16(21)13-8-11-4-2-3-5-12(11)23-13/h2-5,13-14H,6-9H2,1H3,(H,17,18,19)/t13-,14-/m0/s1. The Morgan fingerprint density at radius 2 is 2.26 bits per heavy atom. The maximum Gasteiger partial charge on any atom is 0.264 e. The number of aryl methyl sites for hydroxylation is 1. The topological polar surface area (TPSA) is 80.3 Å². The molecular formula is C16H18N4O3. The van der Waals surface area contributed by atoms with E-state index in [-0.39, 0.29) is 12.0 Å². The van der Waals surface area contributed by atoms with Gasteiger partial charge >= 0.3 is 0 Å². The van der Waals surface area contributed by atoms with Gasteiger partial charge in [-0.15, -0.1) is 0 Å². The van der Waals surface area contributed by atoms with Gasteiger partial charge in [-0.25, -0.2) is 4.98 Å². The fourth-order valence-electron chi connectivity index (χ4n) is 3.03. The summed E-state index contributed by atoms with van der Waals surface area (Å²) < 4.78 is 11.5. The molecule has 0 aliphatic carbocycles. The van der Waals surface area contributed by atoms with Gasteiger partial charge in [0.05, 0.1) is 13.2 Å². The summed E-state index contributed by atoms with van der Waals surface area (Å²) in [4.78, 5) is 18.8. The molecule has 0 saturated carbocycles. The molecule has 1 saturated heterocycles. The number of carbonyl (C=O) groups is 1. The van der Waals surface area contributed by atoms with E-state index in [0.717, 1.165) is 17.1 Å². The van der Waals surface area contributed by atoms with Gasteiger partial charge in [0, 0.05) is 13.0 Å². The summed E-state index contributed by atoms with van der Waals surface area (Å²) in [5.41, 5.74) is 1.08. The lowest BCUT2D eigenvalue weighted by molar-refractivity contribution is -0.146. The van der Waals surface area contributed by atoms with Gasteiger partial charge < -0.3 is 14.4 Å². The minimum atomic E-state index is -0.444. The van der Waals surface area contributed by atoms with E-state index in [1.54, 1.807) is 4.90 Å². The second-order valence-electron chi connectivity index (χ2n) is 5.84. The van der Waals surface area contributed by atoms with E-state index >= 15 is 0 Å². The quantitative estimate of drug-likeness (QED) is 0.895. The molecule has 7 nitrogen and oxygen atoms in total. The fraction of sp³-hybridized carbons (Fsp3) is 0.438. The van der Waals surface area contributed by atoms with Crippen LogP contribution in [0.25, 0.3) is 0 Å². The lowest BCUT2D eigenvalue weighted by Gasteiger charge is -2.32. The fourth-order valence-corrected chi connectivity index (χ4v) is 3.03. The van der Waals surface area contributed by atoms with Crippen molar-refractivity contribution in [1.82, 2.24) is 20.1 Å². The van der Waals surface area contributed by atoms with Crippen LogP contribution in [-0.2, 0) is 16.0 Å². The zero-order chi connectivity index (χ0) is 15.8. The summed E-state index contributed by atoms with van der Waals surface area (Å²) in [6, 6.07) is 7.79. The van der Waals surface area contributed by atoms with Gasteiger partial charge in [-0.3, -0.25) is 9.89 Å². The molecule has 7 heteroatoms. The van der Waals surface area contributed by atoms with Gasteiger partial charge in [0.15, 0.2) is 11.9 Å². The lowest BCUT2D eigenvalue weighted by Crippen LogP contribution is -2.48. The number of carbonyl (C=O) groups excluding carboxylic acids is 1. The number of H-pyrrole nitrogens is 1. The predicted octanol–water partition coefficient (Wildman–Crippen LogP) is 1.02. The van der Waals surface area contributed by atoms with Crippen LogP contribution in [0.4, 0.5) is 0 Å². The molecule has 2 aliphatic heterocycles. The van der Waals surface area contributed by atoms with Gasteiger partial charge in [0.1, 0.15) is 17.7 Å². The van der Waals surface area contributed by atoms with E-state index < -0.39 is 6.10 Å². The Labute approximate surface area is 133 Å². The van der Waals surface area contributed by atoms with Crippen LogP contribution in [0, 0.1) is 6.92 Å². The third-order valence-electron chi connectivity index (χ3n) is 4.20. The van der Waals surface area contributed by atoms with Crippen LogP contribution in [-0.4, -0.2) is 51.8 Å². The Hall–Kier alpha value is -2.41. The molecule has 120 valence electrons. The van der Waals surface area contributed by atoms with Crippen molar-refractivity contribution >= 4 is 5.91 Å². The van der Waals surface area contributed by atoms with Crippen molar-refractivity contribution < 1.29 is 14.3 Å². The first-order valence-electron chi connectivity index (χ1n) is 7.74. The zero-order valence-corrected chi connectivity index (χ0v) is 12.9. The number of amides is 1. The Balaban J connectivity index is 1.45. The normalized spacial score (nSPS) is 23.4. The molecule has 3 heterocycles. The van der Waals surface area contributed by atoms with Crippen LogP contribution in [0.5, 0.6) is 5.75 Å². The highest BCUT2D eigenvalue weighted by molar-refractivity contribution is 5.82. The monoisotopic (exact) mass is 314 g/mol. The maximum absolute atomic E-state index is 12.7.